The van der Waals surface area contributed by atoms with E-state index in [1.807, 2.05) is 0 Å². The third-order valence-corrected chi connectivity index (χ3v) is 15.4. The van der Waals surface area contributed by atoms with Crippen molar-refractivity contribution in [3.8, 4) is 22.3 Å². The van der Waals surface area contributed by atoms with Gasteiger partial charge in [-0.2, -0.15) is 0 Å². The van der Waals surface area contributed by atoms with Crippen LogP contribution in [0, 0.1) is 5.92 Å². The Morgan fingerprint density at radius 1 is 0.544 bits per heavy atom. The molecule has 4 aliphatic carbocycles. The summed E-state index contributed by atoms with van der Waals surface area (Å²) < 4.78 is 0. The van der Waals surface area contributed by atoms with Gasteiger partial charge < -0.3 is 4.90 Å². The summed E-state index contributed by atoms with van der Waals surface area (Å²) in [6, 6.07) is 73.0. The fourth-order valence-electron chi connectivity index (χ4n) is 12.2. The monoisotopic (exact) mass is 873 g/mol. The molecule has 68 heavy (non-hydrogen) atoms. The van der Waals surface area contributed by atoms with Gasteiger partial charge in [0.25, 0.3) is 0 Å². The van der Waals surface area contributed by atoms with Crippen LogP contribution in [0.1, 0.15) is 66.5 Å². The fraction of sp³-hybridized carbons (Fsp3) is 0.134. The van der Waals surface area contributed by atoms with E-state index in [-0.39, 0.29) is 6.04 Å². The molecule has 8 aromatic rings. The summed E-state index contributed by atoms with van der Waals surface area (Å²) in [6.07, 6.45) is 24.1. The van der Waals surface area contributed by atoms with Gasteiger partial charge in [-0.3, -0.25) is 0 Å². The van der Waals surface area contributed by atoms with Crippen molar-refractivity contribution in [2.24, 2.45) is 5.92 Å². The van der Waals surface area contributed by atoms with Gasteiger partial charge in [-0.25, -0.2) is 0 Å². The molecule has 328 valence electrons. The first-order valence-electron chi connectivity index (χ1n) is 24.5. The van der Waals surface area contributed by atoms with Crippen molar-refractivity contribution in [3.05, 3.63) is 288 Å². The molecule has 0 saturated carbocycles. The number of benzene rings is 8. The zero-order valence-corrected chi connectivity index (χ0v) is 38.9. The Morgan fingerprint density at radius 3 is 2.01 bits per heavy atom. The first-order valence-corrected chi connectivity index (χ1v) is 24.5. The predicted octanol–water partition coefficient (Wildman–Crippen LogP) is 17.2. The maximum Gasteiger partial charge on any atom is 0.0679 e. The van der Waals surface area contributed by atoms with Crippen molar-refractivity contribution in [2.45, 2.75) is 50.0 Å². The first kappa shape index (κ1) is 41.7. The van der Waals surface area contributed by atoms with E-state index in [1.165, 1.54) is 88.8 Å². The summed E-state index contributed by atoms with van der Waals surface area (Å²) in [4.78, 5) is 2.67. The standard InChI is InChI=1S/C67H55N/c1-47-22-18-37-60-57-33-12-14-38-61(57)67(65(47)60,53-29-10-5-11-30-53)54-31-21-32-55(46-54)68(63-40-16-17-45-66(63,2)52-43-41-49(42-44-52)48-23-6-3-7-24-48)62-39-15-13-34-58(62)59-36-20-28-51-27-19-35-56(64(51)59)50-25-8-4-9-26-50/h3-8,10-21,23-25,27-47,63H,9,22,26H2,1-2H3. The molecular formula is C67H55N. The van der Waals surface area contributed by atoms with Crippen molar-refractivity contribution in [1.29, 1.82) is 0 Å². The molecule has 0 heterocycles. The van der Waals surface area contributed by atoms with E-state index in [1.54, 1.807) is 0 Å². The predicted molar refractivity (Wildman–Crippen MR) is 288 cm³/mol. The smallest absolute Gasteiger partial charge is 0.0679 e. The maximum atomic E-state index is 2.67. The molecule has 0 amide bonds. The van der Waals surface area contributed by atoms with Crippen LogP contribution in [0.15, 0.2) is 254 Å². The van der Waals surface area contributed by atoms with E-state index in [0.29, 0.717) is 5.92 Å². The van der Waals surface area contributed by atoms with Gasteiger partial charge in [0.2, 0.25) is 0 Å². The van der Waals surface area contributed by atoms with Gasteiger partial charge in [-0.05, 0) is 128 Å². The molecule has 0 fully saturated rings. The van der Waals surface area contributed by atoms with Crippen LogP contribution in [0.2, 0.25) is 0 Å². The van der Waals surface area contributed by atoms with E-state index >= 15 is 0 Å². The molecule has 0 radical (unpaired) electrons. The summed E-state index contributed by atoms with van der Waals surface area (Å²) in [7, 11) is 0. The third kappa shape index (κ3) is 6.75. The molecule has 0 N–H and O–H groups in total. The minimum absolute atomic E-state index is 0.0954. The van der Waals surface area contributed by atoms with Gasteiger partial charge in [-0.1, -0.05) is 238 Å². The Morgan fingerprint density at radius 2 is 1.22 bits per heavy atom. The van der Waals surface area contributed by atoms with E-state index in [2.05, 4.69) is 268 Å². The van der Waals surface area contributed by atoms with E-state index < -0.39 is 10.8 Å². The number of para-hydroxylation sites is 1. The van der Waals surface area contributed by atoms with Gasteiger partial charge in [-0.15, -0.1) is 0 Å². The Labute approximate surface area is 402 Å². The Kier molecular flexibility index (Phi) is 10.5. The molecule has 0 saturated heterocycles. The molecule has 0 bridgehead atoms. The lowest BCUT2D eigenvalue weighted by Gasteiger charge is -2.45. The van der Waals surface area contributed by atoms with Crippen molar-refractivity contribution < 1.29 is 0 Å². The van der Waals surface area contributed by atoms with Crippen LogP contribution in [-0.2, 0) is 10.8 Å². The van der Waals surface area contributed by atoms with Crippen LogP contribution >= 0.6 is 0 Å². The molecule has 0 aromatic heterocycles. The van der Waals surface area contributed by atoms with Crippen LogP contribution in [0.25, 0.3) is 44.2 Å². The van der Waals surface area contributed by atoms with E-state index in [9.17, 15) is 0 Å². The number of hydrogen-bond acceptors (Lipinski definition) is 1. The van der Waals surface area contributed by atoms with Crippen LogP contribution < -0.4 is 4.90 Å². The lowest BCUT2D eigenvalue weighted by Crippen LogP contribution is -2.46. The zero-order valence-electron chi connectivity index (χ0n) is 38.9. The number of hydrogen-bond donors (Lipinski definition) is 0. The molecule has 0 aliphatic heterocycles. The highest BCUT2D eigenvalue weighted by molar-refractivity contribution is 6.06. The summed E-state index contributed by atoms with van der Waals surface area (Å²) in [5.74, 6) is 0.354. The molecule has 4 aliphatic rings. The highest BCUT2D eigenvalue weighted by Gasteiger charge is 2.50. The second-order valence-electron chi connectivity index (χ2n) is 19.2. The van der Waals surface area contributed by atoms with Gasteiger partial charge in [0, 0.05) is 22.4 Å². The molecule has 12 rings (SSSR count). The van der Waals surface area contributed by atoms with Gasteiger partial charge in [0.15, 0.2) is 0 Å². The molecule has 1 nitrogen and oxygen atoms in total. The average Bonchev–Trinajstić information content (AvgIpc) is 3.72. The quantitative estimate of drug-likeness (QED) is 0.140. The topological polar surface area (TPSA) is 3.24 Å². The minimum Gasteiger partial charge on any atom is -0.333 e. The van der Waals surface area contributed by atoms with E-state index in [4.69, 9.17) is 0 Å². The van der Waals surface area contributed by atoms with Crippen molar-refractivity contribution >= 4 is 33.3 Å². The normalized spacial score (nSPS) is 21.4. The van der Waals surface area contributed by atoms with Crippen molar-refractivity contribution in [2.75, 3.05) is 4.90 Å². The summed E-state index contributed by atoms with van der Waals surface area (Å²) >= 11 is 0. The number of nitrogens with zero attached hydrogens (tertiary/aromatic N) is 1. The van der Waals surface area contributed by atoms with Crippen molar-refractivity contribution in [3.63, 3.8) is 0 Å². The summed E-state index contributed by atoms with van der Waals surface area (Å²) in [5.41, 5.74) is 18.5. The summed E-state index contributed by atoms with van der Waals surface area (Å²) in [6.45, 7) is 4.86. The second kappa shape index (κ2) is 17.2. The lowest BCUT2D eigenvalue weighted by atomic mass is 9.63. The highest BCUT2D eigenvalue weighted by atomic mass is 15.2. The Bertz CT molecular complexity index is 3390. The minimum atomic E-state index is -0.482. The van der Waals surface area contributed by atoms with Gasteiger partial charge in [0.05, 0.1) is 11.5 Å². The van der Waals surface area contributed by atoms with Crippen molar-refractivity contribution in [1.82, 2.24) is 0 Å². The average molecular weight is 874 g/mol. The SMILES string of the molecule is CC1CC=CC2=C1C(c1ccccc1)(c1cccc(N(c3ccccc3-c3cccc4cccc(C5=CC=CCC5)c34)C3C=CC=CC3(C)c3ccc(-c4ccccc4)cc3)c1)c1ccccc12. The highest BCUT2D eigenvalue weighted by Crippen LogP contribution is 2.59. The molecule has 1 heteroatoms. The fourth-order valence-corrected chi connectivity index (χ4v) is 12.2. The number of anilines is 2. The van der Waals surface area contributed by atoms with Crippen LogP contribution in [0.3, 0.4) is 0 Å². The maximum absolute atomic E-state index is 2.67. The van der Waals surface area contributed by atoms with Crippen LogP contribution in [-0.4, -0.2) is 6.04 Å². The molecular weight excluding hydrogens is 819 g/mol. The van der Waals surface area contributed by atoms with Gasteiger partial charge >= 0.3 is 0 Å². The lowest BCUT2D eigenvalue weighted by molar-refractivity contribution is 0.511. The van der Waals surface area contributed by atoms with Crippen LogP contribution in [0.4, 0.5) is 11.4 Å². The zero-order chi connectivity index (χ0) is 45.7. The number of fused-ring (bicyclic) bond motifs is 3. The third-order valence-electron chi connectivity index (χ3n) is 15.4. The van der Waals surface area contributed by atoms with Crippen LogP contribution in [0.5, 0.6) is 0 Å². The Hall–Kier alpha value is -7.74. The summed E-state index contributed by atoms with van der Waals surface area (Å²) in [5, 5.41) is 2.56. The number of allylic oxidation sites excluding steroid dienone is 10. The molecule has 8 aromatic carbocycles. The molecule has 4 atom stereocenters. The van der Waals surface area contributed by atoms with Gasteiger partial charge in [0.1, 0.15) is 0 Å². The van der Waals surface area contributed by atoms with E-state index in [0.717, 1.165) is 24.9 Å². The number of rotatable bonds is 9. The first-order chi connectivity index (χ1) is 33.5. The Balaban J connectivity index is 1.11. The molecule has 4 unspecified atom stereocenters. The molecule has 0 spiro atoms. The second-order valence-corrected chi connectivity index (χ2v) is 19.2. The largest absolute Gasteiger partial charge is 0.333 e.